The summed E-state index contributed by atoms with van der Waals surface area (Å²) in [6, 6.07) is 0. The van der Waals surface area contributed by atoms with E-state index in [0.29, 0.717) is 13.2 Å². The van der Waals surface area contributed by atoms with Crippen LogP contribution in [0.5, 0.6) is 0 Å². The molecule has 0 aromatic carbocycles. The topological polar surface area (TPSA) is 73.6 Å². The molecule has 1 amide bonds. The monoisotopic (exact) mass is 246 g/mol. The van der Waals surface area contributed by atoms with E-state index in [1.54, 1.807) is 6.92 Å². The third-order valence-corrected chi connectivity index (χ3v) is 2.42. The highest BCUT2D eigenvalue weighted by atomic mass is 16.5. The van der Waals surface area contributed by atoms with E-state index in [1.807, 2.05) is 6.92 Å². The van der Waals surface area contributed by atoms with Gasteiger partial charge in [0.05, 0.1) is 19.8 Å². The predicted octanol–water partition coefficient (Wildman–Crippen LogP) is 0.673. The van der Waals surface area contributed by atoms with Crippen molar-refractivity contribution in [2.75, 3.05) is 33.0 Å². The van der Waals surface area contributed by atoms with Crippen LogP contribution < -0.4 is 11.1 Å². The van der Waals surface area contributed by atoms with Crippen molar-refractivity contribution in [2.45, 2.75) is 39.2 Å². The van der Waals surface area contributed by atoms with Crippen LogP contribution in [0.4, 0.5) is 0 Å². The molecule has 0 aliphatic heterocycles. The van der Waals surface area contributed by atoms with E-state index in [-0.39, 0.29) is 12.5 Å². The van der Waals surface area contributed by atoms with Crippen molar-refractivity contribution in [1.29, 1.82) is 0 Å². The van der Waals surface area contributed by atoms with E-state index < -0.39 is 5.54 Å². The summed E-state index contributed by atoms with van der Waals surface area (Å²) in [5.41, 5.74) is 4.57. The van der Waals surface area contributed by atoms with Gasteiger partial charge in [0.25, 0.3) is 0 Å². The standard InChI is InChI=1S/C12H26N2O3/c1-4-6-14-12(3,11(13)15)10-17-9-8-16-7-5-2/h14H,4-10H2,1-3H3,(H2,13,15). The fraction of sp³-hybridized carbons (Fsp3) is 0.917. The Morgan fingerprint density at radius 2 is 1.82 bits per heavy atom. The second kappa shape index (κ2) is 9.39. The number of ether oxygens (including phenoxy) is 2. The van der Waals surface area contributed by atoms with E-state index in [2.05, 4.69) is 12.2 Å². The highest BCUT2D eigenvalue weighted by Crippen LogP contribution is 2.04. The molecule has 0 aromatic rings. The van der Waals surface area contributed by atoms with Crippen molar-refractivity contribution < 1.29 is 14.3 Å². The summed E-state index contributed by atoms with van der Waals surface area (Å²) < 4.78 is 10.7. The summed E-state index contributed by atoms with van der Waals surface area (Å²) in [4.78, 5) is 11.3. The lowest BCUT2D eigenvalue weighted by Gasteiger charge is -2.27. The van der Waals surface area contributed by atoms with Gasteiger partial charge < -0.3 is 20.5 Å². The van der Waals surface area contributed by atoms with Crippen LogP contribution in [0.3, 0.4) is 0 Å². The number of primary amides is 1. The van der Waals surface area contributed by atoms with Crippen LogP contribution in [-0.2, 0) is 14.3 Å². The molecule has 1 unspecified atom stereocenters. The molecule has 0 bridgehead atoms. The van der Waals surface area contributed by atoms with Crippen molar-refractivity contribution in [3.8, 4) is 0 Å². The summed E-state index contributed by atoms with van der Waals surface area (Å²) in [7, 11) is 0. The van der Waals surface area contributed by atoms with Crippen molar-refractivity contribution in [2.24, 2.45) is 5.73 Å². The highest BCUT2D eigenvalue weighted by Gasteiger charge is 2.30. The summed E-state index contributed by atoms with van der Waals surface area (Å²) in [6.07, 6.45) is 1.94. The molecule has 5 nitrogen and oxygen atoms in total. The zero-order chi connectivity index (χ0) is 13.1. The summed E-state index contributed by atoms with van der Waals surface area (Å²) in [6.45, 7) is 8.65. The zero-order valence-electron chi connectivity index (χ0n) is 11.3. The summed E-state index contributed by atoms with van der Waals surface area (Å²) in [5.74, 6) is -0.388. The van der Waals surface area contributed by atoms with Gasteiger partial charge in [-0.05, 0) is 26.3 Å². The van der Waals surface area contributed by atoms with E-state index in [1.165, 1.54) is 0 Å². The Kier molecular flexibility index (Phi) is 9.03. The van der Waals surface area contributed by atoms with Gasteiger partial charge in [-0.2, -0.15) is 0 Å². The van der Waals surface area contributed by atoms with Gasteiger partial charge in [0.1, 0.15) is 5.54 Å². The van der Waals surface area contributed by atoms with Gasteiger partial charge in [-0.3, -0.25) is 4.79 Å². The van der Waals surface area contributed by atoms with Crippen molar-refractivity contribution >= 4 is 5.91 Å². The first-order valence-electron chi connectivity index (χ1n) is 6.27. The van der Waals surface area contributed by atoms with Gasteiger partial charge in [-0.15, -0.1) is 0 Å². The average Bonchev–Trinajstić information content (AvgIpc) is 2.31. The summed E-state index contributed by atoms with van der Waals surface area (Å²) >= 11 is 0. The number of carbonyl (C=O) groups is 1. The van der Waals surface area contributed by atoms with Crippen LogP contribution in [0.25, 0.3) is 0 Å². The van der Waals surface area contributed by atoms with Crippen LogP contribution >= 0.6 is 0 Å². The lowest BCUT2D eigenvalue weighted by atomic mass is 10.0. The minimum atomic E-state index is -0.791. The molecule has 0 radical (unpaired) electrons. The molecule has 17 heavy (non-hydrogen) atoms. The Hall–Kier alpha value is -0.650. The molecule has 0 rings (SSSR count). The van der Waals surface area contributed by atoms with Gasteiger partial charge in [0.2, 0.25) is 5.91 Å². The number of hydrogen-bond donors (Lipinski definition) is 2. The van der Waals surface area contributed by atoms with Gasteiger partial charge >= 0.3 is 0 Å². The van der Waals surface area contributed by atoms with Gasteiger partial charge in [-0.25, -0.2) is 0 Å². The number of nitrogens with one attached hydrogen (secondary N) is 1. The maximum Gasteiger partial charge on any atom is 0.239 e. The Bertz CT molecular complexity index is 212. The molecular formula is C12H26N2O3. The van der Waals surface area contributed by atoms with Crippen LogP contribution in [-0.4, -0.2) is 44.4 Å². The minimum absolute atomic E-state index is 0.276. The molecule has 3 N–H and O–H groups in total. The van der Waals surface area contributed by atoms with Crippen LogP contribution in [0.2, 0.25) is 0 Å². The quantitative estimate of drug-likeness (QED) is 0.526. The first-order chi connectivity index (χ1) is 8.06. The number of hydrogen-bond acceptors (Lipinski definition) is 4. The van der Waals surface area contributed by atoms with Crippen molar-refractivity contribution in [1.82, 2.24) is 5.32 Å². The fourth-order valence-electron chi connectivity index (χ4n) is 1.25. The number of amides is 1. The predicted molar refractivity (Wildman–Crippen MR) is 67.8 cm³/mol. The summed E-state index contributed by atoms with van der Waals surface area (Å²) in [5, 5.41) is 3.11. The molecule has 1 atom stereocenters. The first-order valence-corrected chi connectivity index (χ1v) is 6.27. The highest BCUT2D eigenvalue weighted by molar-refractivity contribution is 5.84. The minimum Gasteiger partial charge on any atom is -0.379 e. The average molecular weight is 246 g/mol. The van der Waals surface area contributed by atoms with E-state index in [4.69, 9.17) is 15.2 Å². The fourth-order valence-corrected chi connectivity index (χ4v) is 1.25. The van der Waals surface area contributed by atoms with E-state index in [0.717, 1.165) is 26.0 Å². The SMILES string of the molecule is CCCNC(C)(COCCOCCC)C(N)=O. The van der Waals surface area contributed by atoms with Crippen molar-refractivity contribution in [3.63, 3.8) is 0 Å². The number of carbonyl (C=O) groups excluding carboxylic acids is 1. The largest absolute Gasteiger partial charge is 0.379 e. The van der Waals surface area contributed by atoms with E-state index in [9.17, 15) is 4.79 Å². The van der Waals surface area contributed by atoms with Crippen LogP contribution in [0.1, 0.15) is 33.6 Å². The van der Waals surface area contributed by atoms with Gasteiger partial charge in [-0.1, -0.05) is 13.8 Å². The third-order valence-electron chi connectivity index (χ3n) is 2.42. The first kappa shape index (κ1) is 16.4. The van der Waals surface area contributed by atoms with Gasteiger partial charge in [0.15, 0.2) is 0 Å². The molecule has 0 aliphatic rings. The Morgan fingerprint density at radius 1 is 1.18 bits per heavy atom. The Labute approximate surface area is 104 Å². The van der Waals surface area contributed by atoms with Crippen LogP contribution in [0.15, 0.2) is 0 Å². The number of nitrogens with two attached hydrogens (primary N) is 1. The molecule has 0 spiro atoms. The molecular weight excluding hydrogens is 220 g/mol. The second-order valence-corrected chi connectivity index (χ2v) is 4.29. The molecule has 0 saturated heterocycles. The maximum atomic E-state index is 11.3. The smallest absolute Gasteiger partial charge is 0.239 e. The lowest BCUT2D eigenvalue weighted by molar-refractivity contribution is -0.126. The molecule has 102 valence electrons. The molecule has 0 saturated carbocycles. The Morgan fingerprint density at radius 3 is 2.35 bits per heavy atom. The molecule has 0 fully saturated rings. The molecule has 0 aromatic heterocycles. The Balaban J connectivity index is 3.81. The normalized spacial score (nSPS) is 14.5. The number of rotatable bonds is 11. The molecule has 0 aliphatic carbocycles. The molecule has 0 heterocycles. The lowest BCUT2D eigenvalue weighted by Crippen LogP contribution is -2.56. The second-order valence-electron chi connectivity index (χ2n) is 4.29. The zero-order valence-corrected chi connectivity index (χ0v) is 11.3. The van der Waals surface area contributed by atoms with Gasteiger partial charge in [0, 0.05) is 6.61 Å². The van der Waals surface area contributed by atoms with Crippen LogP contribution in [0, 0.1) is 0 Å². The van der Waals surface area contributed by atoms with E-state index >= 15 is 0 Å². The third kappa shape index (κ3) is 7.31. The van der Waals surface area contributed by atoms with Crippen molar-refractivity contribution in [3.05, 3.63) is 0 Å². The molecule has 5 heteroatoms. The maximum absolute atomic E-state index is 11.3.